The van der Waals surface area contributed by atoms with Gasteiger partial charge in [-0.2, -0.15) is 8.78 Å². The van der Waals surface area contributed by atoms with Crippen LogP contribution in [0, 0.1) is 0 Å². The highest BCUT2D eigenvalue weighted by atomic mass is 19.3. The fourth-order valence-corrected chi connectivity index (χ4v) is 2.12. The Morgan fingerprint density at radius 3 is 2.54 bits per heavy atom. The number of halogens is 2. The van der Waals surface area contributed by atoms with Crippen LogP contribution in [0.4, 0.5) is 20.2 Å². The smallest absolute Gasteiger partial charge is 0.387 e. The molecule has 126 valence electrons. The molecule has 0 atom stereocenters. The van der Waals surface area contributed by atoms with Crippen LogP contribution in [0.5, 0.6) is 17.2 Å². The number of nitrogens with one attached hydrogen (secondary N) is 2. The highest BCUT2D eigenvalue weighted by Gasteiger charge is 2.14. The Kier molecular flexibility index (Phi) is 4.64. The van der Waals surface area contributed by atoms with Gasteiger partial charge in [-0.05, 0) is 36.4 Å². The van der Waals surface area contributed by atoms with E-state index in [0.717, 1.165) is 0 Å². The Bertz CT molecular complexity index is 723. The van der Waals surface area contributed by atoms with Crippen molar-refractivity contribution in [2.24, 2.45) is 0 Å². The number of fused-ring (bicyclic) bond motifs is 1. The molecule has 3 rings (SSSR count). The minimum absolute atomic E-state index is 0.0174. The Hall–Kier alpha value is -3.03. The molecule has 0 bridgehead atoms. The van der Waals surface area contributed by atoms with Crippen molar-refractivity contribution in [2.75, 3.05) is 24.0 Å². The second kappa shape index (κ2) is 7.03. The summed E-state index contributed by atoms with van der Waals surface area (Å²) in [6.45, 7) is -2.68. The standard InChI is InChI=1S/C16H14F2N2O4/c17-16(18)24-12-4-1-10(2-5-12)19-8-15(21)20-11-3-6-13-14(7-11)23-9-22-13/h1-7,16,19H,8-9H2,(H,20,21). The lowest BCUT2D eigenvalue weighted by Crippen LogP contribution is -2.21. The van der Waals surface area contributed by atoms with Crippen molar-refractivity contribution >= 4 is 17.3 Å². The molecule has 2 N–H and O–H groups in total. The lowest BCUT2D eigenvalue weighted by molar-refractivity contribution is -0.114. The first-order chi connectivity index (χ1) is 11.6. The van der Waals surface area contributed by atoms with Crippen molar-refractivity contribution in [1.29, 1.82) is 0 Å². The molecule has 0 unspecified atom stereocenters. The van der Waals surface area contributed by atoms with Gasteiger partial charge in [-0.1, -0.05) is 0 Å². The molecule has 1 aliphatic rings. The third kappa shape index (κ3) is 4.03. The minimum atomic E-state index is -2.86. The van der Waals surface area contributed by atoms with E-state index >= 15 is 0 Å². The summed E-state index contributed by atoms with van der Waals surface area (Å²) in [5.41, 5.74) is 1.20. The third-order valence-corrected chi connectivity index (χ3v) is 3.19. The molecule has 0 radical (unpaired) electrons. The number of carbonyl (C=O) groups excluding carboxylic acids is 1. The Morgan fingerprint density at radius 1 is 1.08 bits per heavy atom. The summed E-state index contributed by atoms with van der Waals surface area (Å²) in [5.74, 6) is 1.01. The molecule has 1 aliphatic heterocycles. The van der Waals surface area contributed by atoms with Gasteiger partial charge in [0, 0.05) is 17.4 Å². The van der Waals surface area contributed by atoms with Crippen molar-refractivity contribution < 1.29 is 27.8 Å². The van der Waals surface area contributed by atoms with Crippen LogP contribution in [-0.2, 0) is 4.79 Å². The molecule has 0 aliphatic carbocycles. The molecule has 0 aromatic heterocycles. The first-order valence-corrected chi connectivity index (χ1v) is 7.08. The number of anilines is 2. The van der Waals surface area contributed by atoms with Crippen molar-refractivity contribution in [2.45, 2.75) is 6.61 Å². The van der Waals surface area contributed by atoms with Crippen molar-refractivity contribution in [3.8, 4) is 17.2 Å². The second-order valence-corrected chi connectivity index (χ2v) is 4.87. The summed E-state index contributed by atoms with van der Waals surface area (Å²) in [6.07, 6.45) is 0. The molecular weight excluding hydrogens is 322 g/mol. The second-order valence-electron chi connectivity index (χ2n) is 4.87. The number of rotatable bonds is 6. The molecule has 1 heterocycles. The first-order valence-electron chi connectivity index (χ1n) is 7.08. The number of alkyl halides is 2. The molecule has 8 heteroatoms. The van der Waals surface area contributed by atoms with Gasteiger partial charge in [-0.25, -0.2) is 0 Å². The number of ether oxygens (including phenoxy) is 3. The van der Waals surface area contributed by atoms with Crippen LogP contribution in [0.25, 0.3) is 0 Å². The van der Waals surface area contributed by atoms with E-state index in [1.54, 1.807) is 30.3 Å². The van der Waals surface area contributed by atoms with Crippen LogP contribution in [0.15, 0.2) is 42.5 Å². The van der Waals surface area contributed by atoms with Crippen LogP contribution in [0.3, 0.4) is 0 Å². The molecule has 0 saturated heterocycles. The fraction of sp³-hybridized carbons (Fsp3) is 0.188. The van der Waals surface area contributed by atoms with Gasteiger partial charge in [-0.3, -0.25) is 4.79 Å². The van der Waals surface area contributed by atoms with Crippen molar-refractivity contribution in [1.82, 2.24) is 0 Å². The van der Waals surface area contributed by atoms with Gasteiger partial charge in [0.25, 0.3) is 0 Å². The monoisotopic (exact) mass is 336 g/mol. The summed E-state index contributed by atoms with van der Waals surface area (Å²) in [6, 6.07) is 11.0. The van der Waals surface area contributed by atoms with Gasteiger partial charge in [0.1, 0.15) is 5.75 Å². The predicted molar refractivity (Wildman–Crippen MR) is 82.8 cm³/mol. The molecule has 24 heavy (non-hydrogen) atoms. The SMILES string of the molecule is O=C(CNc1ccc(OC(F)F)cc1)Nc1ccc2c(c1)OCO2. The molecule has 0 spiro atoms. The maximum Gasteiger partial charge on any atom is 0.387 e. The van der Waals surface area contributed by atoms with Crippen molar-refractivity contribution in [3.05, 3.63) is 42.5 Å². The van der Waals surface area contributed by atoms with Gasteiger partial charge in [0.2, 0.25) is 12.7 Å². The highest BCUT2D eigenvalue weighted by Crippen LogP contribution is 2.34. The minimum Gasteiger partial charge on any atom is -0.454 e. The van der Waals surface area contributed by atoms with Gasteiger partial charge < -0.3 is 24.8 Å². The van der Waals surface area contributed by atoms with E-state index < -0.39 is 6.61 Å². The normalized spacial score (nSPS) is 12.1. The lowest BCUT2D eigenvalue weighted by Gasteiger charge is -2.09. The van der Waals surface area contributed by atoms with Crippen LogP contribution in [-0.4, -0.2) is 25.9 Å². The van der Waals surface area contributed by atoms with E-state index in [1.807, 2.05) is 0 Å². The quantitative estimate of drug-likeness (QED) is 0.848. The molecule has 2 aromatic carbocycles. The zero-order valence-electron chi connectivity index (χ0n) is 12.4. The Labute approximate surface area is 136 Å². The van der Waals surface area contributed by atoms with E-state index in [1.165, 1.54) is 12.1 Å². The summed E-state index contributed by atoms with van der Waals surface area (Å²) in [4.78, 5) is 11.9. The van der Waals surface area contributed by atoms with E-state index in [9.17, 15) is 13.6 Å². The number of carbonyl (C=O) groups is 1. The number of amides is 1. The van der Waals surface area contributed by atoms with E-state index in [-0.39, 0.29) is 25.0 Å². The van der Waals surface area contributed by atoms with Gasteiger partial charge >= 0.3 is 6.61 Å². The number of hydrogen-bond acceptors (Lipinski definition) is 5. The van der Waals surface area contributed by atoms with Crippen LogP contribution < -0.4 is 24.8 Å². The predicted octanol–water partition coefficient (Wildman–Crippen LogP) is 3.07. The Balaban J connectivity index is 1.50. The van der Waals surface area contributed by atoms with Crippen LogP contribution >= 0.6 is 0 Å². The molecule has 6 nitrogen and oxygen atoms in total. The van der Waals surface area contributed by atoms with Crippen LogP contribution in [0.1, 0.15) is 0 Å². The summed E-state index contributed by atoms with van der Waals surface area (Å²) < 4.78 is 38.8. The fourth-order valence-electron chi connectivity index (χ4n) is 2.12. The number of hydrogen-bond donors (Lipinski definition) is 2. The molecule has 0 fully saturated rings. The van der Waals surface area contributed by atoms with E-state index in [2.05, 4.69) is 15.4 Å². The molecular formula is C16H14F2N2O4. The number of benzene rings is 2. The summed E-state index contributed by atoms with van der Waals surface area (Å²) in [7, 11) is 0. The maximum absolute atomic E-state index is 12.1. The first kappa shape index (κ1) is 15.9. The van der Waals surface area contributed by atoms with Gasteiger partial charge in [0.05, 0.1) is 6.54 Å². The average molecular weight is 336 g/mol. The Morgan fingerprint density at radius 2 is 1.79 bits per heavy atom. The maximum atomic E-state index is 12.1. The van der Waals surface area contributed by atoms with Gasteiger partial charge in [-0.15, -0.1) is 0 Å². The molecule has 1 amide bonds. The summed E-state index contributed by atoms with van der Waals surface area (Å²) in [5, 5.41) is 5.61. The zero-order chi connectivity index (χ0) is 16.9. The molecule has 2 aromatic rings. The largest absolute Gasteiger partial charge is 0.454 e. The van der Waals surface area contributed by atoms with E-state index in [4.69, 9.17) is 9.47 Å². The highest BCUT2D eigenvalue weighted by molar-refractivity contribution is 5.94. The van der Waals surface area contributed by atoms with E-state index in [0.29, 0.717) is 22.9 Å². The van der Waals surface area contributed by atoms with Gasteiger partial charge in [0.15, 0.2) is 11.5 Å². The van der Waals surface area contributed by atoms with Crippen molar-refractivity contribution in [3.63, 3.8) is 0 Å². The van der Waals surface area contributed by atoms with Crippen LogP contribution in [0.2, 0.25) is 0 Å². The lowest BCUT2D eigenvalue weighted by atomic mass is 10.2. The summed E-state index contributed by atoms with van der Waals surface area (Å²) >= 11 is 0. The molecule has 0 saturated carbocycles. The average Bonchev–Trinajstić information content (AvgIpc) is 3.01. The topological polar surface area (TPSA) is 68.8 Å². The third-order valence-electron chi connectivity index (χ3n) is 3.19. The zero-order valence-corrected chi connectivity index (χ0v) is 12.4.